The van der Waals surface area contributed by atoms with Gasteiger partial charge in [-0.3, -0.25) is 0 Å². The topological polar surface area (TPSA) is 19.6 Å². The van der Waals surface area contributed by atoms with Crippen LogP contribution >= 0.6 is 34.0 Å². The molecule has 27 aromatic rings. The Morgan fingerprint density at radius 3 is 1.19 bits per heavy atom. The zero-order chi connectivity index (χ0) is 84.0. The van der Waals surface area contributed by atoms with Crippen LogP contribution in [0.1, 0.15) is 0 Å². The number of anilines is 6. The summed E-state index contributed by atoms with van der Waals surface area (Å²) in [6, 6.07) is 165. The van der Waals surface area contributed by atoms with Crippen LogP contribution in [0.25, 0.3) is 224 Å². The number of nitrogens with zero attached hydrogens (tertiary/aromatic N) is 2. The van der Waals surface area contributed by atoms with E-state index >= 15 is 0 Å². The van der Waals surface area contributed by atoms with Gasteiger partial charge in [-0.2, -0.15) is 0 Å². The van der Waals surface area contributed by atoms with E-state index in [1.54, 1.807) is 0 Å². The zero-order valence-corrected chi connectivity index (χ0v) is 71.7. The standard InChI is InChI=1S/C64H39NS2.C58H35NOS/c1-3-16-46-40(13-1)15-11-23-47(46)42-27-32-44(33-28-42)65(45-34-29-43(30-35-45)58-39-59-53-21-9-10-26-61(53)66-64(59)54-22-8-6-19-50(54)58)60-38-37-51(49-18-5-7-20-52(49)60)55-24-12-25-56-57-36-31-41-14-2-4-17-48(41)62(57)67-63(55)56;1-3-16-40-36(13-1)15-11-25-52(40)59(53-32-30-39(42-18-5-7-20-45(42)53)38-28-34-56-51(35-38)47-22-9-10-26-55(47)61-56)54-33-31-44(43-19-6-8-21-46(43)54)48-23-12-24-49-50-29-27-37-14-2-4-17-41(37)57(50)60-58(48)49/h1-39H;1-35H. The molecule has 0 unspecified atom stereocenters. The SMILES string of the molecule is c1ccc2c(-c3ccc(N(c4ccc(-c5cc6c7ccccc7sc6c6ccccc56)cc4)c4ccc(-c5cccc6c5sc5c7ccccc7ccc65)c5ccccc45)cc3)cccc2c1.c1ccc2c(N(c3ccc(-c4ccc5sc6ccccc6c5c4)c4ccccc34)c3ccc(-c4cccc5c4oc4c6ccccc6ccc54)c4ccccc34)cccc2c1. The molecule has 27 rings (SSSR count). The Labute approximate surface area is 749 Å². The van der Waals surface area contributed by atoms with Gasteiger partial charge in [0.25, 0.3) is 0 Å². The second-order valence-electron chi connectivity index (χ2n) is 33.5. The van der Waals surface area contributed by atoms with E-state index in [2.05, 4.69) is 459 Å². The van der Waals surface area contributed by atoms with Crippen LogP contribution in [0.15, 0.2) is 453 Å². The van der Waals surface area contributed by atoms with Crippen LogP contribution in [0.3, 0.4) is 0 Å². The zero-order valence-electron chi connectivity index (χ0n) is 69.3. The smallest absolute Gasteiger partial charge is 0.143 e. The van der Waals surface area contributed by atoms with Gasteiger partial charge in [0.05, 0.1) is 22.7 Å². The highest BCUT2D eigenvalue weighted by molar-refractivity contribution is 7.27. The molecule has 23 aromatic carbocycles. The third-order valence-corrected chi connectivity index (χ3v) is 30.2. The van der Waals surface area contributed by atoms with E-state index in [0.717, 1.165) is 78.0 Å². The molecule has 3 nitrogen and oxygen atoms in total. The van der Waals surface area contributed by atoms with Crippen molar-refractivity contribution in [1.29, 1.82) is 0 Å². The summed E-state index contributed by atoms with van der Waals surface area (Å²) in [6.45, 7) is 0. The summed E-state index contributed by atoms with van der Waals surface area (Å²) in [4.78, 5) is 4.94. The van der Waals surface area contributed by atoms with Crippen LogP contribution in [0, 0.1) is 0 Å². The normalized spacial score (nSPS) is 11.9. The van der Waals surface area contributed by atoms with Gasteiger partial charge in [0.1, 0.15) is 11.2 Å². The fraction of sp³-hybridized carbons (Fsp3) is 0. The maximum absolute atomic E-state index is 6.89. The molecule has 4 heterocycles. The number of fused-ring (bicyclic) bond motifs is 23. The van der Waals surface area contributed by atoms with Crippen LogP contribution in [0.4, 0.5) is 34.1 Å². The Balaban J connectivity index is 0.000000136. The number of rotatable bonds is 11. The highest BCUT2D eigenvalue weighted by atomic mass is 32.1. The van der Waals surface area contributed by atoms with Gasteiger partial charge in [0.2, 0.25) is 0 Å². The summed E-state index contributed by atoms with van der Waals surface area (Å²) in [6.07, 6.45) is 0. The summed E-state index contributed by atoms with van der Waals surface area (Å²) >= 11 is 5.67. The minimum Gasteiger partial charge on any atom is -0.455 e. The van der Waals surface area contributed by atoms with Gasteiger partial charge in [-0.1, -0.05) is 364 Å². The van der Waals surface area contributed by atoms with E-state index in [9.17, 15) is 0 Å². The van der Waals surface area contributed by atoms with Crippen molar-refractivity contribution in [3.8, 4) is 55.6 Å². The minimum atomic E-state index is 0.910. The number of hydrogen-bond acceptors (Lipinski definition) is 6. The molecule has 0 radical (unpaired) electrons. The molecule has 0 amide bonds. The van der Waals surface area contributed by atoms with Crippen LogP contribution in [-0.4, -0.2) is 0 Å². The monoisotopic (exact) mass is 1680 g/mol. The average Bonchev–Trinajstić information content (AvgIpc) is 1.56. The van der Waals surface area contributed by atoms with Crippen LogP contribution < -0.4 is 9.80 Å². The predicted molar refractivity (Wildman–Crippen MR) is 555 cm³/mol. The Hall–Kier alpha value is -15.8. The number of para-hydroxylation sites is 1. The Morgan fingerprint density at radius 1 is 0.156 bits per heavy atom. The van der Waals surface area contributed by atoms with E-state index < -0.39 is 0 Å². The van der Waals surface area contributed by atoms with E-state index in [1.807, 2.05) is 34.0 Å². The van der Waals surface area contributed by atoms with Crippen molar-refractivity contribution in [3.63, 3.8) is 0 Å². The lowest BCUT2D eigenvalue weighted by atomic mass is 9.93. The summed E-state index contributed by atoms with van der Waals surface area (Å²) in [5, 5.41) is 29.7. The number of benzene rings is 23. The molecular formula is C122H74N2OS3. The number of furan rings is 1. The minimum absolute atomic E-state index is 0.910. The molecule has 0 aliphatic heterocycles. The Kier molecular flexibility index (Phi) is 17.3. The van der Waals surface area contributed by atoms with Crippen LogP contribution in [0.2, 0.25) is 0 Å². The fourth-order valence-electron chi connectivity index (χ4n) is 20.6. The first-order valence-electron chi connectivity index (χ1n) is 43.7. The van der Waals surface area contributed by atoms with Crippen LogP contribution in [-0.2, 0) is 0 Å². The molecular weight excluding hydrogens is 1610 g/mol. The number of hydrogen-bond donors (Lipinski definition) is 0. The van der Waals surface area contributed by atoms with Gasteiger partial charge in [-0.15, -0.1) is 34.0 Å². The Morgan fingerprint density at radius 2 is 0.531 bits per heavy atom. The molecule has 0 aliphatic carbocycles. The predicted octanol–water partition coefficient (Wildman–Crippen LogP) is 36.9. The molecule has 4 aromatic heterocycles. The molecule has 596 valence electrons. The van der Waals surface area contributed by atoms with E-state index in [4.69, 9.17) is 4.42 Å². The summed E-state index contributed by atoms with van der Waals surface area (Å²) in [5.41, 5.74) is 20.6. The van der Waals surface area contributed by atoms with E-state index in [-0.39, 0.29) is 0 Å². The van der Waals surface area contributed by atoms with E-state index in [0.29, 0.717) is 0 Å². The molecule has 0 spiro atoms. The first kappa shape index (κ1) is 73.7. The lowest BCUT2D eigenvalue weighted by Gasteiger charge is -2.30. The molecule has 0 N–H and O–H groups in total. The Bertz CT molecular complexity index is 9240. The molecule has 0 fully saturated rings. The summed E-state index contributed by atoms with van der Waals surface area (Å²) in [5.74, 6) is 0. The van der Waals surface area contributed by atoms with Crippen molar-refractivity contribution in [3.05, 3.63) is 449 Å². The molecule has 0 aliphatic rings. The van der Waals surface area contributed by atoms with Gasteiger partial charge in [-0.25, -0.2) is 0 Å². The van der Waals surface area contributed by atoms with Gasteiger partial charge in [0.15, 0.2) is 0 Å². The molecule has 6 heteroatoms. The third-order valence-electron chi connectivity index (χ3n) is 26.5. The van der Waals surface area contributed by atoms with Crippen LogP contribution in [0.5, 0.6) is 0 Å². The molecule has 128 heavy (non-hydrogen) atoms. The molecule has 0 saturated heterocycles. The first-order valence-corrected chi connectivity index (χ1v) is 46.2. The van der Waals surface area contributed by atoms with Crippen molar-refractivity contribution in [1.82, 2.24) is 0 Å². The maximum Gasteiger partial charge on any atom is 0.143 e. The van der Waals surface area contributed by atoms with E-state index in [1.165, 1.54) is 180 Å². The molecule has 0 saturated carbocycles. The highest BCUT2D eigenvalue weighted by Crippen LogP contribution is 2.53. The van der Waals surface area contributed by atoms with Crippen molar-refractivity contribution >= 4 is 237 Å². The highest BCUT2D eigenvalue weighted by Gasteiger charge is 2.27. The van der Waals surface area contributed by atoms with Crippen molar-refractivity contribution < 1.29 is 4.42 Å². The summed E-state index contributed by atoms with van der Waals surface area (Å²) < 4.78 is 14.9. The maximum atomic E-state index is 6.89. The summed E-state index contributed by atoms with van der Waals surface area (Å²) in [7, 11) is 0. The third kappa shape index (κ3) is 11.9. The lowest BCUT2D eigenvalue weighted by Crippen LogP contribution is -2.12. The first-order chi connectivity index (χ1) is 63.5. The second-order valence-corrected chi connectivity index (χ2v) is 36.6. The van der Waals surface area contributed by atoms with Gasteiger partial charge in [0, 0.05) is 126 Å². The van der Waals surface area contributed by atoms with Crippen molar-refractivity contribution in [2.24, 2.45) is 0 Å². The van der Waals surface area contributed by atoms with Gasteiger partial charge < -0.3 is 14.2 Å². The second kappa shape index (κ2) is 30.0. The number of thiophene rings is 3. The van der Waals surface area contributed by atoms with Gasteiger partial charge in [-0.05, 0) is 183 Å². The molecule has 0 bridgehead atoms. The van der Waals surface area contributed by atoms with Gasteiger partial charge >= 0.3 is 0 Å². The largest absolute Gasteiger partial charge is 0.455 e. The average molecular weight is 1680 g/mol. The van der Waals surface area contributed by atoms with Crippen molar-refractivity contribution in [2.75, 3.05) is 9.80 Å². The molecule has 0 atom stereocenters. The lowest BCUT2D eigenvalue weighted by molar-refractivity contribution is 0.674. The quantitative estimate of drug-likeness (QED) is 0.129. The van der Waals surface area contributed by atoms with Crippen molar-refractivity contribution in [2.45, 2.75) is 0 Å². The fourth-order valence-corrected chi connectivity index (χ4v) is 24.3.